The molecule has 0 radical (unpaired) electrons. The van der Waals surface area contributed by atoms with Gasteiger partial charge in [-0.15, -0.1) is 0 Å². The van der Waals surface area contributed by atoms with Crippen LogP contribution >= 0.6 is 0 Å². The van der Waals surface area contributed by atoms with E-state index < -0.39 is 0 Å². The Labute approximate surface area is 173 Å². The van der Waals surface area contributed by atoms with E-state index in [1.54, 1.807) is 0 Å². The van der Waals surface area contributed by atoms with E-state index in [2.05, 4.69) is 30.6 Å². The monoisotopic (exact) mass is 391 g/mol. The molecule has 1 atom stereocenters. The summed E-state index contributed by atoms with van der Waals surface area (Å²) in [6.07, 6.45) is 2.09. The van der Waals surface area contributed by atoms with Gasteiger partial charge < -0.3 is 10.2 Å². The first kappa shape index (κ1) is 20.8. The average Bonchev–Trinajstić information content (AvgIpc) is 3.11. The molecule has 0 spiro atoms. The van der Waals surface area contributed by atoms with E-state index in [0.717, 1.165) is 35.6 Å². The van der Waals surface area contributed by atoms with Crippen molar-refractivity contribution in [2.45, 2.75) is 39.8 Å². The molecular weight excluding hydrogens is 360 g/mol. The second-order valence-electron chi connectivity index (χ2n) is 8.40. The fraction of sp³-hybridized carbons (Fsp3) is 0.333. The summed E-state index contributed by atoms with van der Waals surface area (Å²) in [5.41, 5.74) is 4.01. The second kappa shape index (κ2) is 9.05. The van der Waals surface area contributed by atoms with Gasteiger partial charge in [0.15, 0.2) is 6.54 Å². The maximum absolute atomic E-state index is 12.4. The topological polar surface area (TPSA) is 51.4 Å². The lowest BCUT2D eigenvalue weighted by Gasteiger charge is -2.23. The highest BCUT2D eigenvalue weighted by atomic mass is 16.2. The number of rotatable bonds is 7. The number of para-hydroxylation sites is 1. The van der Waals surface area contributed by atoms with Crippen LogP contribution in [0.5, 0.6) is 0 Å². The van der Waals surface area contributed by atoms with Crippen LogP contribution in [-0.2, 0) is 11.3 Å². The summed E-state index contributed by atoms with van der Waals surface area (Å²) in [5.74, 6) is 0.0751. The van der Waals surface area contributed by atoms with Gasteiger partial charge in [-0.25, -0.2) is 4.68 Å². The highest BCUT2D eigenvalue weighted by Crippen LogP contribution is 2.23. The Hall–Kier alpha value is -2.92. The molecule has 1 amide bonds. The number of aromatic nitrogens is 2. The molecule has 152 valence electrons. The molecule has 5 heteroatoms. The smallest absolute Gasteiger partial charge is 0.275 e. The van der Waals surface area contributed by atoms with Gasteiger partial charge in [0.2, 0.25) is 0 Å². The molecule has 1 unspecified atom stereocenters. The zero-order valence-corrected chi connectivity index (χ0v) is 17.8. The van der Waals surface area contributed by atoms with E-state index >= 15 is 0 Å². The summed E-state index contributed by atoms with van der Waals surface area (Å²) < 4.78 is 1.93. The largest absolute Gasteiger partial charge is 0.347 e. The van der Waals surface area contributed by atoms with Gasteiger partial charge in [0, 0.05) is 17.3 Å². The maximum atomic E-state index is 12.4. The van der Waals surface area contributed by atoms with Crippen LogP contribution in [0.15, 0.2) is 66.9 Å². The molecule has 0 aliphatic heterocycles. The van der Waals surface area contributed by atoms with Gasteiger partial charge in [0.05, 0.1) is 17.8 Å². The van der Waals surface area contributed by atoms with Crippen molar-refractivity contribution in [3.8, 4) is 16.9 Å². The standard InChI is InChI=1S/C24H30N4O/c1-5-27(18-22(29)25-24(2,3)4)16-20-17-28(21-14-10-7-11-15-21)26-23(20)19-12-8-6-9-13-19/h6-15,17H,5,16,18H2,1-4H3,(H,25,29)/p+1. The van der Waals surface area contributed by atoms with Crippen molar-refractivity contribution in [1.82, 2.24) is 15.1 Å². The zero-order valence-electron chi connectivity index (χ0n) is 17.8. The van der Waals surface area contributed by atoms with Gasteiger partial charge in [-0.2, -0.15) is 5.10 Å². The molecule has 0 saturated heterocycles. The molecule has 2 N–H and O–H groups in total. The summed E-state index contributed by atoms with van der Waals surface area (Å²) in [6, 6.07) is 20.4. The minimum Gasteiger partial charge on any atom is -0.347 e. The normalized spacial score (nSPS) is 12.6. The number of benzene rings is 2. The van der Waals surface area contributed by atoms with Crippen molar-refractivity contribution < 1.29 is 9.69 Å². The van der Waals surface area contributed by atoms with Crippen LogP contribution < -0.4 is 10.2 Å². The SMILES string of the molecule is CC[NH+](CC(=O)NC(C)(C)C)Cc1cn(-c2ccccc2)nc1-c1ccccc1. The molecule has 0 fully saturated rings. The molecule has 3 aromatic rings. The Bertz CT molecular complexity index is 927. The Morgan fingerprint density at radius 1 is 1.03 bits per heavy atom. The number of likely N-dealkylation sites (N-methyl/N-ethyl adjacent to an activating group) is 1. The first-order valence-electron chi connectivity index (χ1n) is 10.2. The molecule has 2 aromatic carbocycles. The Balaban J connectivity index is 1.88. The molecule has 29 heavy (non-hydrogen) atoms. The number of quaternary nitrogens is 1. The Kier molecular flexibility index (Phi) is 6.49. The Morgan fingerprint density at radius 2 is 1.66 bits per heavy atom. The summed E-state index contributed by atoms with van der Waals surface area (Å²) in [7, 11) is 0. The summed E-state index contributed by atoms with van der Waals surface area (Å²) in [6.45, 7) is 10.2. The van der Waals surface area contributed by atoms with Crippen LogP contribution in [0.25, 0.3) is 16.9 Å². The molecule has 1 aromatic heterocycles. The van der Waals surface area contributed by atoms with Crippen LogP contribution in [0.2, 0.25) is 0 Å². The predicted molar refractivity (Wildman–Crippen MR) is 117 cm³/mol. The lowest BCUT2D eigenvalue weighted by Crippen LogP contribution is -3.11. The minimum absolute atomic E-state index is 0.0751. The number of hydrogen-bond acceptors (Lipinski definition) is 2. The number of amides is 1. The van der Waals surface area contributed by atoms with Crippen LogP contribution in [0.1, 0.15) is 33.3 Å². The fourth-order valence-electron chi connectivity index (χ4n) is 3.36. The fourth-order valence-corrected chi connectivity index (χ4v) is 3.36. The van der Waals surface area contributed by atoms with Crippen molar-refractivity contribution in [2.24, 2.45) is 0 Å². The molecule has 0 aliphatic carbocycles. The lowest BCUT2D eigenvalue weighted by atomic mass is 10.1. The highest BCUT2D eigenvalue weighted by molar-refractivity contribution is 5.77. The summed E-state index contributed by atoms with van der Waals surface area (Å²) in [5, 5.41) is 7.95. The maximum Gasteiger partial charge on any atom is 0.275 e. The zero-order chi connectivity index (χ0) is 20.9. The number of nitrogens with zero attached hydrogens (tertiary/aromatic N) is 2. The average molecular weight is 392 g/mol. The van der Waals surface area contributed by atoms with Gasteiger partial charge >= 0.3 is 0 Å². The first-order chi connectivity index (χ1) is 13.9. The third-order valence-corrected chi connectivity index (χ3v) is 4.72. The number of nitrogens with one attached hydrogen (secondary N) is 2. The van der Waals surface area contributed by atoms with E-state index in [1.807, 2.05) is 74.0 Å². The third kappa shape index (κ3) is 5.78. The highest BCUT2D eigenvalue weighted by Gasteiger charge is 2.21. The quantitative estimate of drug-likeness (QED) is 0.651. The van der Waals surface area contributed by atoms with Gasteiger partial charge in [0.1, 0.15) is 12.2 Å². The number of carbonyl (C=O) groups is 1. The van der Waals surface area contributed by atoms with Crippen LogP contribution in [-0.4, -0.2) is 34.3 Å². The number of carbonyl (C=O) groups excluding carboxylic acids is 1. The van der Waals surface area contributed by atoms with E-state index in [1.165, 1.54) is 4.90 Å². The Morgan fingerprint density at radius 3 is 2.24 bits per heavy atom. The molecule has 0 bridgehead atoms. The van der Waals surface area contributed by atoms with Crippen molar-refractivity contribution in [3.05, 3.63) is 72.4 Å². The van der Waals surface area contributed by atoms with Gasteiger partial charge in [-0.3, -0.25) is 4.79 Å². The number of hydrogen-bond donors (Lipinski definition) is 2. The van der Waals surface area contributed by atoms with Crippen LogP contribution in [0.4, 0.5) is 0 Å². The minimum atomic E-state index is -0.219. The van der Waals surface area contributed by atoms with Gasteiger partial charge in [-0.05, 0) is 39.8 Å². The predicted octanol–water partition coefficient (Wildman–Crippen LogP) is 2.86. The van der Waals surface area contributed by atoms with Crippen molar-refractivity contribution in [3.63, 3.8) is 0 Å². The van der Waals surface area contributed by atoms with Gasteiger partial charge in [-0.1, -0.05) is 48.5 Å². The van der Waals surface area contributed by atoms with Crippen molar-refractivity contribution in [1.29, 1.82) is 0 Å². The third-order valence-electron chi connectivity index (χ3n) is 4.72. The van der Waals surface area contributed by atoms with E-state index in [4.69, 9.17) is 5.10 Å². The molecular formula is C24H31N4O+. The van der Waals surface area contributed by atoms with E-state index in [-0.39, 0.29) is 11.4 Å². The molecule has 0 saturated carbocycles. The van der Waals surface area contributed by atoms with Gasteiger partial charge in [0.25, 0.3) is 5.91 Å². The second-order valence-corrected chi connectivity index (χ2v) is 8.40. The van der Waals surface area contributed by atoms with Crippen molar-refractivity contribution in [2.75, 3.05) is 13.1 Å². The summed E-state index contributed by atoms with van der Waals surface area (Å²) in [4.78, 5) is 13.7. The van der Waals surface area contributed by atoms with Crippen molar-refractivity contribution >= 4 is 5.91 Å². The van der Waals surface area contributed by atoms with E-state index in [0.29, 0.717) is 6.54 Å². The van der Waals surface area contributed by atoms with E-state index in [9.17, 15) is 4.79 Å². The lowest BCUT2D eigenvalue weighted by molar-refractivity contribution is -0.904. The van der Waals surface area contributed by atoms with Crippen LogP contribution in [0, 0.1) is 0 Å². The molecule has 1 heterocycles. The summed E-state index contributed by atoms with van der Waals surface area (Å²) >= 11 is 0. The molecule has 5 nitrogen and oxygen atoms in total. The van der Waals surface area contributed by atoms with Crippen LogP contribution in [0.3, 0.4) is 0 Å². The first-order valence-corrected chi connectivity index (χ1v) is 10.2. The molecule has 3 rings (SSSR count). The molecule has 0 aliphatic rings.